The van der Waals surface area contributed by atoms with E-state index in [0.717, 1.165) is 10.2 Å². The SMILES string of the molecule is COC(=O)c1cc2c(cc1NC(=O)c1cc3sc(Cl)cc3n1C)OCO2. The van der Waals surface area contributed by atoms with E-state index in [-0.39, 0.29) is 24.0 Å². The average Bonchev–Trinajstić information content (AvgIpc) is 3.29. The fraction of sp³-hybridized carbons (Fsp3) is 0.176. The first-order chi connectivity index (χ1) is 12.5. The number of anilines is 1. The first-order valence-corrected chi connectivity index (χ1v) is 8.75. The highest BCUT2D eigenvalue weighted by Crippen LogP contribution is 2.38. The number of ether oxygens (including phenoxy) is 3. The standard InChI is InChI=1S/C17H13ClN2O5S/c1-20-10-6-15(18)26-14(10)5-11(20)16(21)19-9-4-13-12(24-7-25-13)3-8(9)17(22)23-2/h3-6H,7H2,1-2H3,(H,19,21). The summed E-state index contributed by atoms with van der Waals surface area (Å²) in [6, 6.07) is 6.60. The second-order valence-electron chi connectivity index (χ2n) is 5.59. The number of carbonyl (C=O) groups is 2. The summed E-state index contributed by atoms with van der Waals surface area (Å²) in [4.78, 5) is 24.8. The van der Waals surface area contributed by atoms with E-state index in [9.17, 15) is 9.59 Å². The lowest BCUT2D eigenvalue weighted by atomic mass is 10.1. The second kappa shape index (κ2) is 6.22. The average molecular weight is 393 g/mol. The van der Waals surface area contributed by atoms with Crippen LogP contribution in [0.15, 0.2) is 24.3 Å². The van der Waals surface area contributed by atoms with Gasteiger partial charge in [-0.2, -0.15) is 0 Å². The third kappa shape index (κ3) is 2.67. The molecule has 0 spiro atoms. The van der Waals surface area contributed by atoms with Crippen LogP contribution in [0.4, 0.5) is 5.69 Å². The Morgan fingerprint density at radius 3 is 2.65 bits per heavy atom. The van der Waals surface area contributed by atoms with Crippen LogP contribution in [0, 0.1) is 0 Å². The first-order valence-electron chi connectivity index (χ1n) is 7.56. The molecule has 0 radical (unpaired) electrons. The Kier molecular flexibility index (Phi) is 4.01. The fourth-order valence-corrected chi connectivity index (χ4v) is 4.01. The molecule has 1 amide bonds. The van der Waals surface area contributed by atoms with E-state index in [0.29, 0.717) is 21.5 Å². The van der Waals surface area contributed by atoms with Crippen LogP contribution in [0.5, 0.6) is 11.5 Å². The summed E-state index contributed by atoms with van der Waals surface area (Å²) in [7, 11) is 3.05. The Labute approximate surface area is 157 Å². The van der Waals surface area contributed by atoms with Gasteiger partial charge in [0.05, 0.1) is 32.9 Å². The molecule has 3 heterocycles. The molecule has 1 N–H and O–H groups in total. The summed E-state index contributed by atoms with van der Waals surface area (Å²) in [6.07, 6.45) is 0. The number of nitrogens with one attached hydrogen (secondary N) is 1. The summed E-state index contributed by atoms with van der Waals surface area (Å²) in [5, 5.41) is 2.75. The lowest BCUT2D eigenvalue weighted by Gasteiger charge is -2.11. The van der Waals surface area contributed by atoms with E-state index in [1.54, 1.807) is 29.8 Å². The quantitative estimate of drug-likeness (QED) is 0.688. The summed E-state index contributed by atoms with van der Waals surface area (Å²) in [6.45, 7) is 0.0577. The van der Waals surface area contributed by atoms with Crippen molar-refractivity contribution in [2.75, 3.05) is 19.2 Å². The van der Waals surface area contributed by atoms with E-state index < -0.39 is 5.97 Å². The topological polar surface area (TPSA) is 78.8 Å². The zero-order chi connectivity index (χ0) is 18.4. The Balaban J connectivity index is 1.71. The molecule has 7 nitrogen and oxygen atoms in total. The third-order valence-corrected chi connectivity index (χ3v) is 5.30. The van der Waals surface area contributed by atoms with Gasteiger partial charge in [0.1, 0.15) is 5.69 Å². The van der Waals surface area contributed by atoms with Crippen LogP contribution in [0.3, 0.4) is 0 Å². The number of hydrogen-bond acceptors (Lipinski definition) is 6. The number of aryl methyl sites for hydroxylation is 1. The number of aromatic nitrogens is 1. The first kappa shape index (κ1) is 16.7. The monoisotopic (exact) mass is 392 g/mol. The van der Waals surface area contributed by atoms with Crippen molar-refractivity contribution in [2.45, 2.75) is 0 Å². The molecule has 0 fully saturated rings. The van der Waals surface area contributed by atoms with Gasteiger partial charge in [0.15, 0.2) is 11.5 Å². The third-order valence-electron chi connectivity index (χ3n) is 4.10. The minimum atomic E-state index is -0.585. The molecule has 3 aromatic rings. The number of rotatable bonds is 3. The van der Waals surface area contributed by atoms with Crippen molar-refractivity contribution in [1.82, 2.24) is 4.57 Å². The summed E-state index contributed by atoms with van der Waals surface area (Å²) < 4.78 is 18.7. The molecule has 1 aliphatic heterocycles. The van der Waals surface area contributed by atoms with Crippen LogP contribution in [-0.2, 0) is 11.8 Å². The van der Waals surface area contributed by atoms with Crippen molar-refractivity contribution in [3.63, 3.8) is 0 Å². The van der Waals surface area contributed by atoms with Crippen LogP contribution in [0.25, 0.3) is 10.2 Å². The molecule has 0 bridgehead atoms. The smallest absolute Gasteiger partial charge is 0.340 e. The summed E-state index contributed by atoms with van der Waals surface area (Å²) in [5.74, 6) is -0.0701. The minimum Gasteiger partial charge on any atom is -0.465 e. The van der Waals surface area contributed by atoms with Gasteiger partial charge in [-0.25, -0.2) is 4.79 Å². The predicted molar refractivity (Wildman–Crippen MR) is 97.7 cm³/mol. The van der Waals surface area contributed by atoms with Crippen LogP contribution in [-0.4, -0.2) is 30.3 Å². The number of nitrogens with zero attached hydrogens (tertiary/aromatic N) is 1. The van der Waals surface area contributed by atoms with Crippen molar-refractivity contribution in [2.24, 2.45) is 7.05 Å². The van der Waals surface area contributed by atoms with Crippen LogP contribution >= 0.6 is 22.9 Å². The van der Waals surface area contributed by atoms with Crippen LogP contribution in [0.2, 0.25) is 4.34 Å². The Morgan fingerprint density at radius 2 is 1.96 bits per heavy atom. The molecule has 9 heteroatoms. The van der Waals surface area contributed by atoms with Crippen molar-refractivity contribution in [3.8, 4) is 11.5 Å². The van der Waals surface area contributed by atoms with E-state index in [1.165, 1.54) is 24.5 Å². The van der Waals surface area contributed by atoms with Gasteiger partial charge in [0.2, 0.25) is 6.79 Å². The van der Waals surface area contributed by atoms with Crippen molar-refractivity contribution < 1.29 is 23.8 Å². The maximum atomic E-state index is 12.8. The zero-order valence-electron chi connectivity index (χ0n) is 13.8. The Bertz CT molecular complexity index is 1060. The number of fused-ring (bicyclic) bond motifs is 2. The molecule has 1 aliphatic rings. The highest BCUT2D eigenvalue weighted by atomic mass is 35.5. The minimum absolute atomic E-state index is 0.0577. The maximum absolute atomic E-state index is 12.8. The molecule has 0 saturated carbocycles. The van der Waals surface area contributed by atoms with Crippen molar-refractivity contribution >= 4 is 50.7 Å². The van der Waals surface area contributed by atoms with Gasteiger partial charge >= 0.3 is 5.97 Å². The number of thiophene rings is 1. The van der Waals surface area contributed by atoms with Gasteiger partial charge in [-0.05, 0) is 12.1 Å². The van der Waals surface area contributed by atoms with E-state index >= 15 is 0 Å². The largest absolute Gasteiger partial charge is 0.465 e. The molecule has 0 saturated heterocycles. The van der Waals surface area contributed by atoms with Crippen molar-refractivity contribution in [3.05, 3.63) is 39.9 Å². The maximum Gasteiger partial charge on any atom is 0.340 e. The highest BCUT2D eigenvalue weighted by Gasteiger charge is 2.24. The molecular weight excluding hydrogens is 380 g/mol. The van der Waals surface area contributed by atoms with E-state index in [1.807, 2.05) is 0 Å². The normalized spacial score (nSPS) is 12.4. The summed E-state index contributed by atoms with van der Waals surface area (Å²) >= 11 is 7.40. The van der Waals surface area contributed by atoms with Crippen LogP contribution in [0.1, 0.15) is 20.8 Å². The molecule has 1 aromatic carbocycles. The molecule has 0 aliphatic carbocycles. The Hall–Kier alpha value is -2.71. The second-order valence-corrected chi connectivity index (χ2v) is 7.30. The van der Waals surface area contributed by atoms with Crippen LogP contribution < -0.4 is 14.8 Å². The van der Waals surface area contributed by atoms with Gasteiger partial charge in [-0.15, -0.1) is 11.3 Å². The van der Waals surface area contributed by atoms with E-state index in [4.69, 9.17) is 25.8 Å². The molecule has 0 atom stereocenters. The van der Waals surface area contributed by atoms with Gasteiger partial charge in [0.25, 0.3) is 5.91 Å². The summed E-state index contributed by atoms with van der Waals surface area (Å²) in [5.41, 5.74) is 1.78. The number of methoxy groups -OCH3 is 1. The number of hydrogen-bond donors (Lipinski definition) is 1. The van der Waals surface area contributed by atoms with Gasteiger partial charge in [-0.3, -0.25) is 4.79 Å². The zero-order valence-corrected chi connectivity index (χ0v) is 15.4. The number of esters is 1. The molecule has 134 valence electrons. The van der Waals surface area contributed by atoms with Gasteiger partial charge in [-0.1, -0.05) is 11.6 Å². The lowest BCUT2D eigenvalue weighted by molar-refractivity contribution is 0.0601. The number of carbonyl (C=O) groups excluding carboxylic acids is 2. The van der Waals surface area contributed by atoms with Gasteiger partial charge < -0.3 is 24.1 Å². The lowest BCUT2D eigenvalue weighted by Crippen LogP contribution is -2.18. The Morgan fingerprint density at radius 1 is 1.23 bits per heavy atom. The van der Waals surface area contributed by atoms with E-state index in [2.05, 4.69) is 5.32 Å². The molecule has 26 heavy (non-hydrogen) atoms. The number of halogens is 1. The molecule has 2 aromatic heterocycles. The number of amides is 1. The highest BCUT2D eigenvalue weighted by molar-refractivity contribution is 7.22. The molecular formula is C17H13ClN2O5S. The predicted octanol–water partition coefficient (Wildman–Crippen LogP) is 3.66. The van der Waals surface area contributed by atoms with Gasteiger partial charge in [0, 0.05) is 19.2 Å². The molecule has 0 unspecified atom stereocenters. The number of benzene rings is 1. The molecule has 4 rings (SSSR count). The van der Waals surface area contributed by atoms with Crippen molar-refractivity contribution in [1.29, 1.82) is 0 Å². The fourth-order valence-electron chi connectivity index (χ4n) is 2.81.